The topological polar surface area (TPSA) is 63.2 Å². The van der Waals surface area contributed by atoms with Crippen molar-refractivity contribution in [1.29, 1.82) is 0 Å². The zero-order valence-corrected chi connectivity index (χ0v) is 14.6. The SMILES string of the molecule is O=C(Nc1ccc([C@H]2CCCNC2)cc1)c1ccc(OCC(F)(F)F)nc1. The number of ether oxygens (including phenoxy) is 1. The molecule has 1 saturated heterocycles. The molecule has 5 nitrogen and oxygen atoms in total. The largest absolute Gasteiger partial charge is 0.468 e. The first-order valence-electron chi connectivity index (χ1n) is 8.68. The van der Waals surface area contributed by atoms with Crippen LogP contribution >= 0.6 is 0 Å². The van der Waals surface area contributed by atoms with Crippen LogP contribution in [0.5, 0.6) is 5.88 Å². The lowest BCUT2D eigenvalue weighted by atomic mass is 9.92. The standard InChI is InChI=1S/C19H20F3N3O2/c20-19(21,22)12-27-17-8-5-15(11-24-17)18(26)25-16-6-3-13(4-7-16)14-2-1-9-23-10-14/h3-8,11,14,23H,1-2,9-10,12H2,(H,25,26)/t14-/m0/s1. The third-order valence-corrected chi connectivity index (χ3v) is 4.32. The van der Waals surface area contributed by atoms with E-state index in [1.54, 1.807) is 0 Å². The number of carbonyl (C=O) groups excluding carboxylic acids is 1. The average Bonchev–Trinajstić information content (AvgIpc) is 2.67. The molecule has 1 aliphatic heterocycles. The number of pyridine rings is 1. The van der Waals surface area contributed by atoms with E-state index in [0.717, 1.165) is 25.9 Å². The molecule has 1 amide bonds. The fourth-order valence-electron chi connectivity index (χ4n) is 2.93. The lowest BCUT2D eigenvalue weighted by molar-refractivity contribution is -0.154. The van der Waals surface area contributed by atoms with Gasteiger partial charge in [-0.05, 0) is 49.1 Å². The molecule has 1 atom stereocenters. The minimum absolute atomic E-state index is 0.186. The van der Waals surface area contributed by atoms with E-state index in [-0.39, 0.29) is 11.4 Å². The van der Waals surface area contributed by atoms with Gasteiger partial charge in [0.15, 0.2) is 6.61 Å². The van der Waals surface area contributed by atoms with Crippen LogP contribution in [0.1, 0.15) is 34.7 Å². The van der Waals surface area contributed by atoms with E-state index in [9.17, 15) is 18.0 Å². The Bertz CT molecular complexity index is 755. The smallest absolute Gasteiger partial charge is 0.422 e. The van der Waals surface area contributed by atoms with Gasteiger partial charge in [0.25, 0.3) is 5.91 Å². The minimum atomic E-state index is -4.43. The molecule has 144 valence electrons. The molecule has 1 aromatic carbocycles. The number of aromatic nitrogens is 1. The number of hydrogen-bond acceptors (Lipinski definition) is 4. The van der Waals surface area contributed by atoms with Crippen LogP contribution in [-0.4, -0.2) is 36.8 Å². The normalized spacial score (nSPS) is 17.4. The van der Waals surface area contributed by atoms with Crippen LogP contribution in [0, 0.1) is 0 Å². The highest BCUT2D eigenvalue weighted by Crippen LogP contribution is 2.24. The van der Waals surface area contributed by atoms with Crippen molar-refractivity contribution in [3.05, 3.63) is 53.7 Å². The molecule has 0 bridgehead atoms. The highest BCUT2D eigenvalue weighted by Gasteiger charge is 2.28. The molecule has 0 radical (unpaired) electrons. The highest BCUT2D eigenvalue weighted by molar-refractivity contribution is 6.04. The summed E-state index contributed by atoms with van der Waals surface area (Å²) in [6, 6.07) is 10.3. The van der Waals surface area contributed by atoms with Crippen LogP contribution in [0.3, 0.4) is 0 Å². The molecule has 2 N–H and O–H groups in total. The van der Waals surface area contributed by atoms with Crippen molar-refractivity contribution >= 4 is 11.6 Å². The molecule has 2 aromatic rings. The predicted molar refractivity (Wildman–Crippen MR) is 95.0 cm³/mol. The van der Waals surface area contributed by atoms with E-state index in [0.29, 0.717) is 11.6 Å². The fourth-order valence-corrected chi connectivity index (χ4v) is 2.93. The molecule has 1 aromatic heterocycles. The summed E-state index contributed by atoms with van der Waals surface area (Å²) in [5.41, 5.74) is 2.10. The van der Waals surface area contributed by atoms with Crippen molar-refractivity contribution in [2.24, 2.45) is 0 Å². The van der Waals surface area contributed by atoms with Gasteiger partial charge in [-0.1, -0.05) is 12.1 Å². The summed E-state index contributed by atoms with van der Waals surface area (Å²) in [6.45, 7) is 0.591. The number of alkyl halides is 3. The first-order valence-corrected chi connectivity index (χ1v) is 8.68. The predicted octanol–water partition coefficient (Wildman–Crippen LogP) is 3.74. The summed E-state index contributed by atoms with van der Waals surface area (Å²) in [6.07, 6.45) is -0.952. The van der Waals surface area contributed by atoms with Crippen molar-refractivity contribution < 1.29 is 22.7 Å². The van der Waals surface area contributed by atoms with Gasteiger partial charge < -0.3 is 15.4 Å². The quantitative estimate of drug-likeness (QED) is 0.831. The number of nitrogens with one attached hydrogen (secondary N) is 2. The maximum atomic E-state index is 12.2. The number of halogens is 3. The second kappa shape index (κ2) is 8.39. The van der Waals surface area contributed by atoms with Crippen molar-refractivity contribution in [2.75, 3.05) is 25.0 Å². The van der Waals surface area contributed by atoms with Gasteiger partial charge in [-0.2, -0.15) is 13.2 Å². The molecule has 0 spiro atoms. The number of amides is 1. The third-order valence-electron chi connectivity index (χ3n) is 4.32. The summed E-state index contributed by atoms with van der Waals surface area (Å²) in [7, 11) is 0. The lowest BCUT2D eigenvalue weighted by Crippen LogP contribution is -2.28. The average molecular weight is 379 g/mol. The Kier molecular flexibility index (Phi) is 5.95. The summed E-state index contributed by atoms with van der Waals surface area (Å²) in [4.78, 5) is 16.0. The second-order valence-electron chi connectivity index (χ2n) is 6.41. The van der Waals surface area contributed by atoms with Gasteiger partial charge in [-0.3, -0.25) is 4.79 Å². The Morgan fingerprint density at radius 2 is 2.00 bits per heavy atom. The lowest BCUT2D eigenvalue weighted by Gasteiger charge is -2.23. The van der Waals surface area contributed by atoms with Crippen LogP contribution in [0.15, 0.2) is 42.6 Å². The van der Waals surface area contributed by atoms with Crippen molar-refractivity contribution in [2.45, 2.75) is 24.9 Å². The number of rotatable bonds is 5. The number of piperidine rings is 1. The van der Waals surface area contributed by atoms with Gasteiger partial charge in [-0.15, -0.1) is 0 Å². The van der Waals surface area contributed by atoms with Gasteiger partial charge in [0.2, 0.25) is 5.88 Å². The van der Waals surface area contributed by atoms with Crippen LogP contribution in [0.25, 0.3) is 0 Å². The van der Waals surface area contributed by atoms with E-state index in [4.69, 9.17) is 0 Å². The molecule has 0 aliphatic carbocycles. The number of hydrogen-bond donors (Lipinski definition) is 2. The van der Waals surface area contributed by atoms with E-state index < -0.39 is 18.7 Å². The van der Waals surface area contributed by atoms with Gasteiger partial charge in [0.05, 0.1) is 5.56 Å². The number of anilines is 1. The van der Waals surface area contributed by atoms with E-state index in [1.807, 2.05) is 24.3 Å². The Morgan fingerprint density at radius 1 is 1.22 bits per heavy atom. The Labute approximate surface area is 154 Å². The van der Waals surface area contributed by atoms with E-state index >= 15 is 0 Å². The van der Waals surface area contributed by atoms with Crippen LogP contribution in [0.4, 0.5) is 18.9 Å². The molecule has 8 heteroatoms. The third kappa shape index (κ3) is 5.68. The maximum absolute atomic E-state index is 12.2. The van der Waals surface area contributed by atoms with E-state index in [2.05, 4.69) is 20.4 Å². The number of carbonyl (C=O) groups is 1. The Hall–Kier alpha value is -2.61. The minimum Gasteiger partial charge on any atom is -0.468 e. The molecule has 2 heterocycles. The Balaban J connectivity index is 1.56. The Morgan fingerprint density at radius 3 is 2.59 bits per heavy atom. The van der Waals surface area contributed by atoms with Crippen molar-refractivity contribution in [3.8, 4) is 5.88 Å². The molecule has 1 fully saturated rings. The summed E-state index contributed by atoms with van der Waals surface area (Å²) < 4.78 is 40.9. The fraction of sp³-hybridized carbons (Fsp3) is 0.368. The van der Waals surface area contributed by atoms with Crippen LogP contribution < -0.4 is 15.4 Å². The summed E-state index contributed by atoms with van der Waals surface area (Å²) in [5, 5.41) is 6.12. The summed E-state index contributed by atoms with van der Waals surface area (Å²) in [5.74, 6) is -0.0942. The molecule has 0 unspecified atom stereocenters. The monoisotopic (exact) mass is 379 g/mol. The maximum Gasteiger partial charge on any atom is 0.422 e. The van der Waals surface area contributed by atoms with E-state index in [1.165, 1.54) is 23.9 Å². The number of nitrogens with zero attached hydrogens (tertiary/aromatic N) is 1. The van der Waals surface area contributed by atoms with Crippen molar-refractivity contribution in [3.63, 3.8) is 0 Å². The molecule has 1 aliphatic rings. The molecule has 3 rings (SSSR count). The first kappa shape index (κ1) is 19.2. The highest BCUT2D eigenvalue weighted by atomic mass is 19.4. The zero-order chi connectivity index (χ0) is 19.3. The number of benzene rings is 1. The van der Waals surface area contributed by atoms with Crippen LogP contribution in [-0.2, 0) is 0 Å². The summed E-state index contributed by atoms with van der Waals surface area (Å²) >= 11 is 0. The molecular weight excluding hydrogens is 359 g/mol. The van der Waals surface area contributed by atoms with Crippen molar-refractivity contribution in [1.82, 2.24) is 10.3 Å². The van der Waals surface area contributed by atoms with Gasteiger partial charge in [-0.25, -0.2) is 4.98 Å². The van der Waals surface area contributed by atoms with Gasteiger partial charge in [0, 0.05) is 24.5 Å². The van der Waals surface area contributed by atoms with Gasteiger partial charge >= 0.3 is 6.18 Å². The van der Waals surface area contributed by atoms with Gasteiger partial charge in [0.1, 0.15) is 0 Å². The first-order chi connectivity index (χ1) is 12.9. The van der Waals surface area contributed by atoms with Crippen LogP contribution in [0.2, 0.25) is 0 Å². The second-order valence-corrected chi connectivity index (χ2v) is 6.41. The molecule has 27 heavy (non-hydrogen) atoms. The molecule has 0 saturated carbocycles. The molecular formula is C19H20F3N3O2. The zero-order valence-electron chi connectivity index (χ0n) is 14.6.